The molecule has 0 radical (unpaired) electrons. The highest BCUT2D eigenvalue weighted by atomic mass is 32.1. The second-order valence-electron chi connectivity index (χ2n) is 8.85. The van der Waals surface area contributed by atoms with Gasteiger partial charge in [-0.3, -0.25) is 14.5 Å². The Balaban J connectivity index is 1.22. The summed E-state index contributed by atoms with van der Waals surface area (Å²) in [5.41, 5.74) is 3.12. The summed E-state index contributed by atoms with van der Waals surface area (Å²) in [5, 5.41) is 5.03. The number of hydrogen-bond donors (Lipinski definition) is 1. The van der Waals surface area contributed by atoms with E-state index in [1.807, 2.05) is 46.1 Å². The molecule has 1 N–H and O–H groups in total. The van der Waals surface area contributed by atoms with Crippen LogP contribution in [0.4, 0.5) is 0 Å². The number of carbonyl (C=O) groups excluding carboxylic acids is 2. The van der Waals surface area contributed by atoms with Crippen molar-refractivity contribution in [2.24, 2.45) is 5.41 Å². The maximum Gasteiger partial charge on any atom is 0.227 e. The van der Waals surface area contributed by atoms with Crippen LogP contribution in [0.5, 0.6) is 0 Å². The van der Waals surface area contributed by atoms with Crippen molar-refractivity contribution in [1.29, 1.82) is 0 Å². The van der Waals surface area contributed by atoms with E-state index < -0.39 is 0 Å². The van der Waals surface area contributed by atoms with Gasteiger partial charge in [-0.25, -0.2) is 0 Å². The number of para-hydroxylation sites is 1. The van der Waals surface area contributed by atoms with Crippen LogP contribution in [-0.4, -0.2) is 59.2 Å². The number of piperidine rings is 1. The van der Waals surface area contributed by atoms with Crippen LogP contribution in [0.1, 0.15) is 35.2 Å². The van der Waals surface area contributed by atoms with Gasteiger partial charge in [0, 0.05) is 53.1 Å². The Kier molecular flexibility index (Phi) is 5.21. The molecule has 5 rings (SSSR count). The fourth-order valence-electron chi connectivity index (χ4n) is 5.20. The smallest absolute Gasteiger partial charge is 0.227 e. The third-order valence-electron chi connectivity index (χ3n) is 6.76. The summed E-state index contributed by atoms with van der Waals surface area (Å²) in [6, 6.07) is 10.1. The molecule has 0 saturated carbocycles. The van der Waals surface area contributed by atoms with Crippen LogP contribution in [0.3, 0.4) is 0 Å². The third kappa shape index (κ3) is 3.82. The number of likely N-dealkylation sites (tertiary alicyclic amines) is 2. The number of aromatic amines is 1. The number of H-pyrrole nitrogens is 1. The van der Waals surface area contributed by atoms with Gasteiger partial charge in [0.15, 0.2) is 5.78 Å². The van der Waals surface area contributed by atoms with Crippen molar-refractivity contribution in [3.05, 3.63) is 58.4 Å². The number of thiophene rings is 1. The molecule has 2 aliphatic heterocycles. The van der Waals surface area contributed by atoms with E-state index in [4.69, 9.17) is 0 Å². The highest BCUT2D eigenvalue weighted by Crippen LogP contribution is 2.39. The van der Waals surface area contributed by atoms with E-state index in [-0.39, 0.29) is 17.1 Å². The number of ketones is 1. The van der Waals surface area contributed by atoms with Gasteiger partial charge in [0.1, 0.15) is 0 Å². The van der Waals surface area contributed by atoms with Gasteiger partial charge < -0.3 is 9.88 Å². The molecular formula is C24H27N3O2S. The fourth-order valence-corrected chi connectivity index (χ4v) is 5.86. The topological polar surface area (TPSA) is 56.4 Å². The standard InChI is InChI=1S/C24H27N3O2S/c28-22(18-6-11-30-15-18)14-26-9-3-7-24(16-26)8-10-27(17-24)23(29)12-19-13-25-21-5-2-1-4-20(19)21/h1-2,4-6,11,13,15,25H,3,7-10,12,14,16-17H2. The minimum atomic E-state index is 0.142. The molecule has 0 aliphatic carbocycles. The van der Waals surface area contributed by atoms with Crippen molar-refractivity contribution in [1.82, 2.24) is 14.8 Å². The SMILES string of the molecule is O=C(CN1CCCC2(CCN(C(=O)Cc3c[nH]c4ccccc34)C2)C1)c1ccsc1. The molecule has 2 fully saturated rings. The number of hydrogen-bond acceptors (Lipinski definition) is 4. The molecule has 30 heavy (non-hydrogen) atoms. The van der Waals surface area contributed by atoms with Gasteiger partial charge in [0.2, 0.25) is 5.91 Å². The molecule has 4 heterocycles. The Morgan fingerprint density at radius 2 is 2.00 bits per heavy atom. The molecule has 1 spiro atoms. The van der Waals surface area contributed by atoms with Crippen LogP contribution in [0.25, 0.3) is 10.9 Å². The monoisotopic (exact) mass is 421 g/mol. The summed E-state index contributed by atoms with van der Waals surface area (Å²) < 4.78 is 0. The summed E-state index contributed by atoms with van der Waals surface area (Å²) >= 11 is 1.57. The quantitative estimate of drug-likeness (QED) is 0.634. The lowest BCUT2D eigenvalue weighted by Gasteiger charge is -2.40. The van der Waals surface area contributed by atoms with Crippen LogP contribution >= 0.6 is 11.3 Å². The molecule has 2 aromatic heterocycles. The summed E-state index contributed by atoms with van der Waals surface area (Å²) in [6.45, 7) is 4.02. The van der Waals surface area contributed by atoms with Gasteiger partial charge >= 0.3 is 0 Å². The van der Waals surface area contributed by atoms with Gasteiger partial charge in [-0.15, -0.1) is 0 Å². The first kappa shape index (κ1) is 19.5. The molecule has 5 nitrogen and oxygen atoms in total. The first-order valence-electron chi connectivity index (χ1n) is 10.7. The molecule has 6 heteroatoms. The first-order chi connectivity index (χ1) is 14.6. The number of carbonyl (C=O) groups is 2. The molecular weight excluding hydrogens is 394 g/mol. The highest BCUT2D eigenvalue weighted by Gasteiger charge is 2.42. The summed E-state index contributed by atoms with van der Waals surface area (Å²) in [7, 11) is 0. The number of rotatable bonds is 5. The third-order valence-corrected chi connectivity index (χ3v) is 7.44. The number of Topliss-reactive ketones (excluding diaryl/α,β-unsaturated/α-hetero) is 1. The lowest BCUT2D eigenvalue weighted by Crippen LogP contribution is -2.47. The van der Waals surface area contributed by atoms with E-state index in [9.17, 15) is 9.59 Å². The van der Waals surface area contributed by atoms with Crippen molar-refractivity contribution in [3.8, 4) is 0 Å². The summed E-state index contributed by atoms with van der Waals surface area (Å²) in [5.74, 6) is 0.418. The van der Waals surface area contributed by atoms with Crippen LogP contribution in [0, 0.1) is 5.41 Å². The van der Waals surface area contributed by atoms with Crippen LogP contribution in [0.15, 0.2) is 47.3 Å². The number of nitrogens with zero attached hydrogens (tertiary/aromatic N) is 2. The zero-order valence-electron chi connectivity index (χ0n) is 17.1. The maximum atomic E-state index is 13.0. The van der Waals surface area contributed by atoms with E-state index in [0.29, 0.717) is 13.0 Å². The van der Waals surface area contributed by atoms with Crippen molar-refractivity contribution in [2.75, 3.05) is 32.7 Å². The van der Waals surface area contributed by atoms with Gasteiger partial charge in [-0.05, 0) is 48.9 Å². The van der Waals surface area contributed by atoms with Gasteiger partial charge in [0.05, 0.1) is 13.0 Å². The Bertz CT molecular complexity index is 1060. The number of aromatic nitrogens is 1. The molecule has 3 aromatic rings. The van der Waals surface area contributed by atoms with Gasteiger partial charge in [-0.1, -0.05) is 18.2 Å². The lowest BCUT2D eigenvalue weighted by molar-refractivity contribution is -0.130. The average Bonchev–Trinajstić information content (AvgIpc) is 3.49. The first-order valence-corrected chi connectivity index (χ1v) is 11.7. The van der Waals surface area contributed by atoms with Crippen molar-refractivity contribution < 1.29 is 9.59 Å². The second-order valence-corrected chi connectivity index (χ2v) is 9.63. The van der Waals surface area contributed by atoms with E-state index in [0.717, 1.165) is 67.5 Å². The summed E-state index contributed by atoms with van der Waals surface area (Å²) in [6.07, 6.45) is 5.69. The van der Waals surface area contributed by atoms with Crippen LogP contribution < -0.4 is 0 Å². The minimum absolute atomic E-state index is 0.142. The van der Waals surface area contributed by atoms with Crippen LogP contribution in [0.2, 0.25) is 0 Å². The highest BCUT2D eigenvalue weighted by molar-refractivity contribution is 7.08. The zero-order valence-corrected chi connectivity index (χ0v) is 17.9. The zero-order chi connectivity index (χ0) is 20.6. The van der Waals surface area contributed by atoms with Crippen molar-refractivity contribution in [3.63, 3.8) is 0 Å². The molecule has 1 amide bonds. The fraction of sp³-hybridized carbons (Fsp3) is 0.417. The normalized spacial score (nSPS) is 22.2. The van der Waals surface area contributed by atoms with E-state index in [2.05, 4.69) is 16.0 Å². The Morgan fingerprint density at radius 1 is 1.10 bits per heavy atom. The number of fused-ring (bicyclic) bond motifs is 1. The predicted molar refractivity (Wildman–Crippen MR) is 120 cm³/mol. The average molecular weight is 422 g/mol. The molecule has 2 aliphatic rings. The number of benzene rings is 1. The number of amides is 1. The molecule has 2 saturated heterocycles. The predicted octanol–water partition coefficient (Wildman–Crippen LogP) is 3.97. The molecule has 0 bridgehead atoms. The maximum absolute atomic E-state index is 13.0. The second kappa shape index (κ2) is 8.00. The molecule has 1 aromatic carbocycles. The summed E-state index contributed by atoms with van der Waals surface area (Å²) in [4.78, 5) is 33.2. The van der Waals surface area contributed by atoms with Crippen molar-refractivity contribution >= 4 is 33.9 Å². The number of nitrogens with one attached hydrogen (secondary N) is 1. The van der Waals surface area contributed by atoms with Crippen LogP contribution in [-0.2, 0) is 11.2 Å². The molecule has 156 valence electrons. The van der Waals surface area contributed by atoms with E-state index >= 15 is 0 Å². The Morgan fingerprint density at radius 3 is 2.87 bits per heavy atom. The largest absolute Gasteiger partial charge is 0.361 e. The lowest BCUT2D eigenvalue weighted by atomic mass is 9.79. The van der Waals surface area contributed by atoms with Gasteiger partial charge in [-0.2, -0.15) is 11.3 Å². The Hall–Kier alpha value is -2.44. The van der Waals surface area contributed by atoms with E-state index in [1.54, 1.807) is 11.3 Å². The Labute approximate surface area is 180 Å². The molecule has 1 atom stereocenters. The molecule has 1 unspecified atom stereocenters. The van der Waals surface area contributed by atoms with Gasteiger partial charge in [0.25, 0.3) is 0 Å². The minimum Gasteiger partial charge on any atom is -0.361 e. The van der Waals surface area contributed by atoms with E-state index in [1.165, 1.54) is 0 Å². The van der Waals surface area contributed by atoms with Crippen molar-refractivity contribution in [2.45, 2.75) is 25.7 Å².